The molecule has 154 valence electrons. The van der Waals surface area contributed by atoms with E-state index in [1.54, 1.807) is 6.07 Å². The van der Waals surface area contributed by atoms with Gasteiger partial charge in [0.25, 0.3) is 0 Å². The summed E-state index contributed by atoms with van der Waals surface area (Å²) in [6, 6.07) is 14.9. The van der Waals surface area contributed by atoms with E-state index in [9.17, 15) is 14.4 Å². The molecule has 3 amide bonds. The van der Waals surface area contributed by atoms with Gasteiger partial charge in [0, 0.05) is 35.1 Å². The van der Waals surface area contributed by atoms with Gasteiger partial charge in [-0.25, -0.2) is 4.90 Å². The Morgan fingerprint density at radius 2 is 2.07 bits per heavy atom. The number of fused-ring (bicyclic) bond motifs is 1. The van der Waals surface area contributed by atoms with Crippen LogP contribution in [0.15, 0.2) is 59.6 Å². The molecule has 0 radical (unpaired) electrons. The summed E-state index contributed by atoms with van der Waals surface area (Å²) in [4.78, 5) is 42.8. The van der Waals surface area contributed by atoms with Gasteiger partial charge < -0.3 is 10.3 Å². The number of imide groups is 1. The molecule has 1 saturated heterocycles. The fraction of sp³-hybridized carbons (Fsp3) is 0.261. The van der Waals surface area contributed by atoms with Gasteiger partial charge in [-0.1, -0.05) is 25.5 Å². The third-order valence-electron chi connectivity index (χ3n) is 5.06. The molecule has 4 rings (SSSR count). The lowest BCUT2D eigenvalue weighted by molar-refractivity contribution is -0.121. The van der Waals surface area contributed by atoms with Gasteiger partial charge in [-0.3, -0.25) is 14.4 Å². The Kier molecular flexibility index (Phi) is 5.90. The zero-order chi connectivity index (χ0) is 21.1. The number of nitrogens with zero attached hydrogens (tertiary/aromatic N) is 1. The number of aromatic amines is 1. The second-order valence-corrected chi connectivity index (χ2v) is 8.58. The largest absolute Gasteiger partial charge is 0.361 e. The van der Waals surface area contributed by atoms with Gasteiger partial charge >= 0.3 is 0 Å². The molecule has 1 aromatic heterocycles. The predicted octanol–water partition coefficient (Wildman–Crippen LogP) is 4.72. The van der Waals surface area contributed by atoms with Crippen molar-refractivity contribution in [3.63, 3.8) is 0 Å². The number of nitrogens with one attached hydrogen (secondary N) is 2. The summed E-state index contributed by atoms with van der Waals surface area (Å²) < 4.78 is 0. The zero-order valence-corrected chi connectivity index (χ0v) is 17.5. The van der Waals surface area contributed by atoms with E-state index in [0.29, 0.717) is 17.8 Å². The van der Waals surface area contributed by atoms with Crippen LogP contribution >= 0.6 is 11.8 Å². The van der Waals surface area contributed by atoms with E-state index in [1.165, 1.54) is 16.7 Å². The van der Waals surface area contributed by atoms with Gasteiger partial charge in [-0.2, -0.15) is 0 Å². The molecule has 0 spiro atoms. The molecular formula is C23H23N3O3S. The minimum Gasteiger partial charge on any atom is -0.361 e. The maximum absolute atomic E-state index is 13.0. The summed E-state index contributed by atoms with van der Waals surface area (Å²) in [5, 5.41) is 3.44. The molecule has 30 heavy (non-hydrogen) atoms. The molecule has 6 nitrogen and oxygen atoms in total. The molecule has 0 aliphatic carbocycles. The number of hydrogen-bond acceptors (Lipinski definition) is 4. The quantitative estimate of drug-likeness (QED) is 0.541. The number of carbonyl (C=O) groups is 3. The van der Waals surface area contributed by atoms with Gasteiger partial charge in [0.15, 0.2) is 0 Å². The second kappa shape index (κ2) is 8.75. The summed E-state index contributed by atoms with van der Waals surface area (Å²) in [5.74, 6) is -0.433. The molecule has 1 fully saturated rings. The number of carbonyl (C=O) groups excluding carboxylic acids is 3. The fourth-order valence-corrected chi connectivity index (χ4v) is 4.63. The molecule has 2 aromatic carbocycles. The smallest absolute Gasteiger partial charge is 0.247 e. The van der Waals surface area contributed by atoms with Crippen molar-refractivity contribution < 1.29 is 14.4 Å². The summed E-state index contributed by atoms with van der Waals surface area (Å²) in [6.07, 6.45) is 4.29. The van der Waals surface area contributed by atoms with Crippen LogP contribution in [0.4, 0.5) is 11.4 Å². The summed E-state index contributed by atoms with van der Waals surface area (Å²) in [7, 11) is 0. The van der Waals surface area contributed by atoms with Gasteiger partial charge in [0.1, 0.15) is 0 Å². The lowest BCUT2D eigenvalue weighted by Gasteiger charge is -2.15. The number of aromatic nitrogens is 1. The second-order valence-electron chi connectivity index (χ2n) is 7.31. The van der Waals surface area contributed by atoms with Crippen LogP contribution in [0.2, 0.25) is 0 Å². The van der Waals surface area contributed by atoms with E-state index in [1.807, 2.05) is 55.6 Å². The Hall–Kier alpha value is -3.06. The summed E-state index contributed by atoms with van der Waals surface area (Å²) in [6.45, 7) is 2.05. The Morgan fingerprint density at radius 1 is 1.20 bits per heavy atom. The molecule has 0 saturated carbocycles. The van der Waals surface area contributed by atoms with E-state index >= 15 is 0 Å². The maximum atomic E-state index is 13.0. The molecule has 1 atom stereocenters. The van der Waals surface area contributed by atoms with Gasteiger partial charge in [0.05, 0.1) is 10.9 Å². The van der Waals surface area contributed by atoms with Gasteiger partial charge in [0.2, 0.25) is 17.7 Å². The minimum atomic E-state index is -0.483. The SMILES string of the molecule is CCCCC(=O)Nc1cccc(SC2CC(=O)N(c3ccc4cc[nH]c4c3)C2=O)c1. The highest BCUT2D eigenvalue weighted by Gasteiger charge is 2.40. The first-order valence-corrected chi connectivity index (χ1v) is 10.9. The third kappa shape index (κ3) is 4.26. The van der Waals surface area contributed by atoms with E-state index in [-0.39, 0.29) is 24.1 Å². The highest BCUT2D eigenvalue weighted by molar-refractivity contribution is 8.00. The van der Waals surface area contributed by atoms with Crippen molar-refractivity contribution in [3.05, 3.63) is 54.7 Å². The van der Waals surface area contributed by atoms with Crippen molar-refractivity contribution in [3.8, 4) is 0 Å². The van der Waals surface area contributed by atoms with Crippen molar-refractivity contribution in [2.24, 2.45) is 0 Å². The topological polar surface area (TPSA) is 82.3 Å². The maximum Gasteiger partial charge on any atom is 0.247 e. The van der Waals surface area contributed by atoms with Crippen LogP contribution in [-0.4, -0.2) is 28.0 Å². The van der Waals surface area contributed by atoms with Gasteiger partial charge in [-0.15, -0.1) is 11.8 Å². The van der Waals surface area contributed by atoms with Crippen LogP contribution in [0, 0.1) is 0 Å². The van der Waals surface area contributed by atoms with Crippen LogP contribution in [0.1, 0.15) is 32.6 Å². The number of benzene rings is 2. The molecule has 1 aliphatic rings. The summed E-state index contributed by atoms with van der Waals surface area (Å²) in [5.41, 5.74) is 2.17. The molecular weight excluding hydrogens is 398 g/mol. The number of anilines is 2. The first-order valence-electron chi connectivity index (χ1n) is 10.1. The molecule has 1 aliphatic heterocycles. The zero-order valence-electron chi connectivity index (χ0n) is 16.7. The predicted molar refractivity (Wildman–Crippen MR) is 120 cm³/mol. The number of rotatable bonds is 7. The van der Waals surface area contributed by atoms with Crippen LogP contribution in [-0.2, 0) is 14.4 Å². The van der Waals surface area contributed by atoms with Crippen LogP contribution in [0.5, 0.6) is 0 Å². The molecule has 2 N–H and O–H groups in total. The number of thioether (sulfide) groups is 1. The standard InChI is InChI=1S/C23H23N3O3S/c1-2-3-7-21(27)25-16-5-4-6-18(12-16)30-20-14-22(28)26(23(20)29)17-9-8-15-10-11-24-19(15)13-17/h4-6,8-13,20,24H,2-3,7,14H2,1H3,(H,25,27). The van der Waals surface area contributed by atoms with E-state index < -0.39 is 5.25 Å². The number of H-pyrrole nitrogens is 1. The minimum absolute atomic E-state index is 0.0167. The molecule has 7 heteroatoms. The average molecular weight is 422 g/mol. The Morgan fingerprint density at radius 3 is 2.90 bits per heavy atom. The average Bonchev–Trinajstić information content (AvgIpc) is 3.30. The van der Waals surface area contributed by atoms with Crippen molar-refractivity contribution in [2.45, 2.75) is 42.8 Å². The Bertz CT molecular complexity index is 1110. The van der Waals surface area contributed by atoms with E-state index in [2.05, 4.69) is 10.3 Å². The fourth-order valence-electron chi connectivity index (χ4n) is 3.51. The Labute approximate surface area is 179 Å². The molecule has 1 unspecified atom stereocenters. The van der Waals surface area contributed by atoms with Crippen molar-refractivity contribution in [1.82, 2.24) is 4.98 Å². The van der Waals surface area contributed by atoms with Crippen molar-refractivity contribution >= 4 is 51.8 Å². The van der Waals surface area contributed by atoms with Crippen LogP contribution < -0.4 is 10.2 Å². The highest BCUT2D eigenvalue weighted by atomic mass is 32.2. The van der Waals surface area contributed by atoms with Crippen LogP contribution in [0.3, 0.4) is 0 Å². The molecule has 0 bridgehead atoms. The first-order chi connectivity index (χ1) is 14.5. The number of hydrogen-bond donors (Lipinski definition) is 2. The van der Waals surface area contributed by atoms with E-state index in [0.717, 1.165) is 28.6 Å². The summed E-state index contributed by atoms with van der Waals surface area (Å²) >= 11 is 1.35. The van der Waals surface area contributed by atoms with E-state index in [4.69, 9.17) is 0 Å². The Balaban J connectivity index is 1.46. The highest BCUT2D eigenvalue weighted by Crippen LogP contribution is 2.35. The lowest BCUT2D eigenvalue weighted by Crippen LogP contribution is -2.31. The van der Waals surface area contributed by atoms with Crippen molar-refractivity contribution in [2.75, 3.05) is 10.2 Å². The van der Waals surface area contributed by atoms with Gasteiger partial charge in [-0.05, 0) is 48.2 Å². The lowest BCUT2D eigenvalue weighted by atomic mass is 10.2. The third-order valence-corrected chi connectivity index (χ3v) is 6.23. The first kappa shape index (κ1) is 20.2. The number of unbranched alkanes of at least 4 members (excludes halogenated alkanes) is 1. The van der Waals surface area contributed by atoms with Crippen molar-refractivity contribution in [1.29, 1.82) is 0 Å². The molecule has 2 heterocycles. The number of amides is 3. The monoisotopic (exact) mass is 421 g/mol. The normalized spacial score (nSPS) is 16.4. The molecule has 3 aromatic rings. The van der Waals surface area contributed by atoms with Crippen LogP contribution in [0.25, 0.3) is 10.9 Å².